The van der Waals surface area contributed by atoms with Gasteiger partial charge in [0.1, 0.15) is 0 Å². The lowest BCUT2D eigenvalue weighted by Crippen LogP contribution is -2.49. The van der Waals surface area contributed by atoms with Crippen molar-refractivity contribution in [2.75, 3.05) is 31.1 Å². The van der Waals surface area contributed by atoms with E-state index >= 15 is 0 Å². The normalized spacial score (nSPS) is 14.7. The molecule has 3 heterocycles. The van der Waals surface area contributed by atoms with E-state index in [0.29, 0.717) is 48.6 Å². The number of aromatic nitrogens is 3. The van der Waals surface area contributed by atoms with Crippen molar-refractivity contribution in [1.29, 1.82) is 0 Å². The summed E-state index contributed by atoms with van der Waals surface area (Å²) in [4.78, 5) is 39.6. The number of H-pyrrole nitrogens is 2. The van der Waals surface area contributed by atoms with Crippen LogP contribution in [-0.2, 0) is 0 Å². The van der Waals surface area contributed by atoms with Crippen LogP contribution in [0.4, 0.5) is 5.95 Å². The lowest BCUT2D eigenvalue weighted by molar-refractivity contribution is 0.0746. The first-order valence-corrected chi connectivity index (χ1v) is 9.29. The van der Waals surface area contributed by atoms with Crippen LogP contribution < -0.4 is 10.5 Å². The maximum atomic E-state index is 12.9. The predicted molar refractivity (Wildman–Crippen MR) is 109 cm³/mol. The number of nitrogens with zero attached hydrogens (tertiary/aromatic N) is 3. The number of benzene rings is 2. The van der Waals surface area contributed by atoms with Crippen LogP contribution in [-0.4, -0.2) is 51.9 Å². The summed E-state index contributed by atoms with van der Waals surface area (Å²) in [6.07, 6.45) is 1.87. The molecular weight excluding hydrogens is 354 g/mol. The Morgan fingerprint density at radius 1 is 1.00 bits per heavy atom. The van der Waals surface area contributed by atoms with Crippen molar-refractivity contribution in [1.82, 2.24) is 19.9 Å². The van der Waals surface area contributed by atoms with E-state index in [-0.39, 0.29) is 11.5 Å². The molecule has 0 atom stereocenters. The van der Waals surface area contributed by atoms with Gasteiger partial charge in [0.2, 0.25) is 5.95 Å². The van der Waals surface area contributed by atoms with E-state index in [1.165, 1.54) is 0 Å². The maximum absolute atomic E-state index is 12.9. The Hall–Kier alpha value is -3.61. The molecule has 28 heavy (non-hydrogen) atoms. The fourth-order valence-corrected chi connectivity index (χ4v) is 3.71. The lowest BCUT2D eigenvalue weighted by Gasteiger charge is -2.35. The van der Waals surface area contributed by atoms with E-state index in [1.807, 2.05) is 58.5 Å². The van der Waals surface area contributed by atoms with Crippen molar-refractivity contribution in [2.45, 2.75) is 0 Å². The Bertz CT molecular complexity index is 1230. The van der Waals surface area contributed by atoms with Gasteiger partial charge in [-0.1, -0.05) is 12.1 Å². The highest BCUT2D eigenvalue weighted by atomic mass is 16.2. The van der Waals surface area contributed by atoms with E-state index in [4.69, 9.17) is 0 Å². The number of fused-ring (bicyclic) bond motifs is 2. The van der Waals surface area contributed by atoms with Gasteiger partial charge in [-0.15, -0.1) is 0 Å². The number of amides is 1. The summed E-state index contributed by atoms with van der Waals surface area (Å²) < 4.78 is 0. The fraction of sp³-hybridized carbons (Fsp3) is 0.190. The molecule has 0 saturated carbocycles. The topological polar surface area (TPSA) is 85.1 Å². The second-order valence-corrected chi connectivity index (χ2v) is 6.97. The molecule has 7 nitrogen and oxygen atoms in total. The lowest BCUT2D eigenvalue weighted by atomic mass is 10.1. The number of nitrogens with one attached hydrogen (secondary N) is 2. The molecule has 5 rings (SSSR count). The average molecular weight is 373 g/mol. The highest BCUT2D eigenvalue weighted by Gasteiger charge is 2.24. The second kappa shape index (κ2) is 6.53. The third kappa shape index (κ3) is 2.81. The van der Waals surface area contributed by atoms with Gasteiger partial charge in [-0.25, -0.2) is 4.98 Å². The number of hydrogen-bond donors (Lipinski definition) is 2. The maximum Gasteiger partial charge on any atom is 0.260 e. The molecule has 0 bridgehead atoms. The van der Waals surface area contributed by atoms with Gasteiger partial charge in [-0.3, -0.25) is 14.6 Å². The van der Waals surface area contributed by atoms with Crippen LogP contribution in [0.1, 0.15) is 10.4 Å². The molecule has 1 amide bonds. The number of carbonyl (C=O) groups is 1. The first-order chi connectivity index (χ1) is 13.7. The van der Waals surface area contributed by atoms with Crippen molar-refractivity contribution in [3.05, 3.63) is 70.6 Å². The van der Waals surface area contributed by atoms with Crippen LogP contribution in [0.2, 0.25) is 0 Å². The Kier molecular flexibility index (Phi) is 3.86. The third-order valence-corrected chi connectivity index (χ3v) is 5.27. The minimum Gasteiger partial charge on any atom is -0.361 e. The smallest absolute Gasteiger partial charge is 0.260 e. The van der Waals surface area contributed by atoms with E-state index in [1.54, 1.807) is 6.07 Å². The predicted octanol–water partition coefficient (Wildman–Crippen LogP) is 2.37. The van der Waals surface area contributed by atoms with Gasteiger partial charge in [-0.2, -0.15) is 0 Å². The quantitative estimate of drug-likeness (QED) is 0.565. The molecule has 1 saturated heterocycles. The molecule has 1 aliphatic heterocycles. The zero-order chi connectivity index (χ0) is 19.1. The van der Waals surface area contributed by atoms with Crippen LogP contribution in [0.15, 0.2) is 59.5 Å². The highest BCUT2D eigenvalue weighted by Crippen LogP contribution is 2.18. The minimum absolute atomic E-state index is 0.0303. The third-order valence-electron chi connectivity index (χ3n) is 5.27. The summed E-state index contributed by atoms with van der Waals surface area (Å²) in [6, 6.07) is 15.0. The van der Waals surface area contributed by atoms with Gasteiger partial charge in [0.05, 0.1) is 10.9 Å². The molecule has 0 aliphatic carbocycles. The van der Waals surface area contributed by atoms with Crippen molar-refractivity contribution in [3.8, 4) is 0 Å². The number of piperazine rings is 1. The first kappa shape index (κ1) is 16.6. The molecule has 140 valence electrons. The van der Waals surface area contributed by atoms with Crippen molar-refractivity contribution >= 4 is 33.7 Å². The number of carbonyl (C=O) groups excluding carboxylic acids is 1. The van der Waals surface area contributed by atoms with Gasteiger partial charge in [0.15, 0.2) is 0 Å². The molecule has 1 aliphatic rings. The van der Waals surface area contributed by atoms with Crippen LogP contribution in [0, 0.1) is 0 Å². The number of anilines is 1. The number of rotatable bonds is 2. The largest absolute Gasteiger partial charge is 0.361 e. The SMILES string of the molecule is O=C(c1ccc2[nH]ccc2c1)N1CCN(c2nc3ccccc3c(=O)[nH]2)CC1. The molecule has 4 aromatic rings. The minimum atomic E-state index is -0.140. The van der Waals surface area contributed by atoms with Gasteiger partial charge in [0.25, 0.3) is 11.5 Å². The summed E-state index contributed by atoms with van der Waals surface area (Å²) in [5.41, 5.74) is 2.25. The van der Waals surface area contributed by atoms with Crippen LogP contribution >= 0.6 is 0 Å². The fourth-order valence-electron chi connectivity index (χ4n) is 3.71. The number of para-hydroxylation sites is 1. The molecule has 7 heteroatoms. The summed E-state index contributed by atoms with van der Waals surface area (Å²) in [5, 5.41) is 1.61. The highest BCUT2D eigenvalue weighted by molar-refractivity contribution is 5.98. The van der Waals surface area contributed by atoms with Crippen molar-refractivity contribution in [2.24, 2.45) is 0 Å². The first-order valence-electron chi connectivity index (χ1n) is 9.29. The zero-order valence-electron chi connectivity index (χ0n) is 15.2. The average Bonchev–Trinajstić information content (AvgIpc) is 3.21. The van der Waals surface area contributed by atoms with Crippen molar-refractivity contribution in [3.63, 3.8) is 0 Å². The summed E-state index contributed by atoms with van der Waals surface area (Å²) in [6.45, 7) is 2.42. The van der Waals surface area contributed by atoms with Gasteiger partial charge >= 0.3 is 0 Å². The van der Waals surface area contributed by atoms with Gasteiger partial charge in [0, 0.05) is 48.8 Å². The van der Waals surface area contributed by atoms with Gasteiger partial charge in [-0.05, 0) is 36.4 Å². The standard InChI is InChI=1S/C21H19N5O2/c27-19-16-3-1-2-4-18(16)23-21(24-19)26-11-9-25(10-12-26)20(28)15-5-6-17-14(13-15)7-8-22-17/h1-8,13,22H,9-12H2,(H,23,24,27). The monoisotopic (exact) mass is 373 g/mol. The second-order valence-electron chi connectivity index (χ2n) is 6.97. The molecule has 0 unspecified atom stereocenters. The van der Waals surface area contributed by atoms with Crippen LogP contribution in [0.25, 0.3) is 21.8 Å². The van der Waals surface area contributed by atoms with Gasteiger partial charge < -0.3 is 14.8 Å². The van der Waals surface area contributed by atoms with Crippen LogP contribution in [0.3, 0.4) is 0 Å². The number of aromatic amines is 2. The van der Waals surface area contributed by atoms with E-state index < -0.39 is 0 Å². The molecule has 2 aromatic heterocycles. The molecule has 2 N–H and O–H groups in total. The Morgan fingerprint density at radius 3 is 2.68 bits per heavy atom. The Morgan fingerprint density at radius 2 is 1.82 bits per heavy atom. The van der Waals surface area contributed by atoms with Crippen LogP contribution in [0.5, 0.6) is 0 Å². The Balaban J connectivity index is 1.33. The number of hydrogen-bond acceptors (Lipinski definition) is 4. The molecular formula is C21H19N5O2. The van der Waals surface area contributed by atoms with E-state index in [0.717, 1.165) is 10.9 Å². The summed E-state index contributed by atoms with van der Waals surface area (Å²) in [5.74, 6) is 0.590. The molecule has 0 spiro atoms. The van der Waals surface area contributed by atoms with E-state index in [2.05, 4.69) is 15.0 Å². The summed E-state index contributed by atoms with van der Waals surface area (Å²) >= 11 is 0. The molecule has 0 radical (unpaired) electrons. The van der Waals surface area contributed by atoms with E-state index in [9.17, 15) is 9.59 Å². The zero-order valence-corrected chi connectivity index (χ0v) is 15.2. The molecule has 2 aromatic carbocycles. The molecule has 1 fully saturated rings. The van der Waals surface area contributed by atoms with Crippen molar-refractivity contribution < 1.29 is 4.79 Å². The summed E-state index contributed by atoms with van der Waals surface area (Å²) in [7, 11) is 0. The Labute approximate surface area is 160 Å².